The van der Waals surface area contributed by atoms with Crippen LogP contribution in [-0.2, 0) is 21.3 Å². The van der Waals surface area contributed by atoms with Gasteiger partial charge in [-0.2, -0.15) is 0 Å². The number of aromatic nitrogens is 3. The van der Waals surface area contributed by atoms with Crippen LogP contribution in [0.1, 0.15) is 42.0 Å². The fraction of sp³-hybridized carbons (Fsp3) is 0.286. The first-order valence-corrected chi connectivity index (χ1v) is 15.9. The zero-order valence-electron chi connectivity index (χ0n) is 25.5. The van der Waals surface area contributed by atoms with Crippen molar-refractivity contribution in [2.45, 2.75) is 45.3 Å². The van der Waals surface area contributed by atoms with E-state index in [0.29, 0.717) is 37.1 Å². The lowest BCUT2D eigenvalue weighted by Gasteiger charge is -2.29. The third-order valence-electron chi connectivity index (χ3n) is 8.04. The van der Waals surface area contributed by atoms with Gasteiger partial charge in [-0.3, -0.25) is 14.3 Å². The van der Waals surface area contributed by atoms with Gasteiger partial charge in [0.15, 0.2) is 5.76 Å². The van der Waals surface area contributed by atoms with Crippen molar-refractivity contribution in [1.29, 1.82) is 0 Å². The molecule has 232 valence electrons. The van der Waals surface area contributed by atoms with Crippen LogP contribution in [0.25, 0.3) is 26.5 Å². The molecule has 1 aliphatic rings. The van der Waals surface area contributed by atoms with E-state index in [1.807, 2.05) is 79.3 Å². The normalized spacial score (nSPS) is 16.4. The first-order valence-electron chi connectivity index (χ1n) is 15.1. The number of fused-ring (bicyclic) bond motifs is 1. The molecule has 3 aromatic carbocycles. The Labute approximate surface area is 265 Å². The maximum absolute atomic E-state index is 13.8. The predicted octanol–water partition coefficient (Wildman–Crippen LogP) is 6.21. The number of unbranched alkanes of at least 4 members (excludes halogenated alkanes) is 1. The Kier molecular flexibility index (Phi) is 8.97. The lowest BCUT2D eigenvalue weighted by molar-refractivity contribution is -0.143. The summed E-state index contributed by atoms with van der Waals surface area (Å²) in [7, 11) is 1.85. The highest BCUT2D eigenvalue weighted by atomic mass is 32.1. The smallest absolute Gasteiger partial charge is 0.290 e. The Morgan fingerprint density at radius 1 is 1.09 bits per heavy atom. The Morgan fingerprint density at radius 3 is 2.62 bits per heavy atom. The average Bonchev–Trinajstić information content (AvgIpc) is 3.56. The van der Waals surface area contributed by atoms with Gasteiger partial charge in [-0.1, -0.05) is 24.3 Å². The largest absolute Gasteiger partial charge is 0.459 e. The molecule has 1 amide bonds. The van der Waals surface area contributed by atoms with Crippen LogP contribution in [0, 0.1) is 13.8 Å². The number of hydrogen-bond donors (Lipinski definition) is 2. The second kappa shape index (κ2) is 13.2. The van der Waals surface area contributed by atoms with E-state index >= 15 is 0 Å². The van der Waals surface area contributed by atoms with Crippen LogP contribution < -0.4 is 10.9 Å². The SMILES string of the molecule is Cc1ccc2nc(-c3ccc(NC(=O)C4=CC(c5c(C)n(C)n(-c6ccccc6)c5=O)CC(OCCCCO)O4)cc3)sc2c1. The van der Waals surface area contributed by atoms with Crippen LogP contribution in [0.2, 0.25) is 0 Å². The molecule has 6 rings (SSSR count). The molecule has 0 radical (unpaired) electrons. The molecule has 2 atom stereocenters. The summed E-state index contributed by atoms with van der Waals surface area (Å²) in [5.74, 6) is -0.738. The minimum Gasteiger partial charge on any atom is -0.459 e. The minimum atomic E-state index is -0.728. The summed E-state index contributed by atoms with van der Waals surface area (Å²) in [5.41, 5.74) is 5.73. The number of para-hydroxylation sites is 1. The number of nitrogens with one attached hydrogen (secondary N) is 1. The van der Waals surface area contributed by atoms with Gasteiger partial charge in [-0.25, -0.2) is 9.67 Å². The van der Waals surface area contributed by atoms with Crippen molar-refractivity contribution in [3.63, 3.8) is 0 Å². The standard InChI is InChI=1S/C35H36N4O5S/c1-22-11-16-28-30(19-22)45-34(37-28)24-12-14-26(15-13-24)36-33(41)29-20-25(21-31(44-29)43-18-8-7-17-40)32-23(2)38(3)39(35(32)42)27-9-5-4-6-10-27/h4-6,9-16,19-20,25,31,40H,7-8,17-18,21H2,1-3H3,(H,36,41). The number of anilines is 1. The second-order valence-electron chi connectivity index (χ2n) is 11.2. The highest BCUT2D eigenvalue weighted by molar-refractivity contribution is 7.21. The lowest BCUT2D eigenvalue weighted by Crippen LogP contribution is -2.31. The van der Waals surface area contributed by atoms with Crippen LogP contribution in [0.4, 0.5) is 5.69 Å². The van der Waals surface area contributed by atoms with E-state index in [1.165, 1.54) is 5.56 Å². The average molecular weight is 625 g/mol. The predicted molar refractivity (Wildman–Crippen MR) is 177 cm³/mol. The van der Waals surface area contributed by atoms with Gasteiger partial charge in [-0.15, -0.1) is 11.3 Å². The first kappa shape index (κ1) is 30.5. The molecule has 10 heteroatoms. The van der Waals surface area contributed by atoms with E-state index in [2.05, 4.69) is 24.4 Å². The first-order chi connectivity index (χ1) is 21.8. The van der Waals surface area contributed by atoms with Gasteiger partial charge in [0.2, 0.25) is 6.29 Å². The molecular formula is C35H36N4O5S. The molecule has 0 saturated carbocycles. The third-order valence-corrected chi connectivity index (χ3v) is 9.11. The monoisotopic (exact) mass is 624 g/mol. The number of amides is 1. The summed E-state index contributed by atoms with van der Waals surface area (Å²) >= 11 is 1.63. The van der Waals surface area contributed by atoms with Crippen molar-refractivity contribution in [2.24, 2.45) is 7.05 Å². The molecule has 0 spiro atoms. The second-order valence-corrected chi connectivity index (χ2v) is 12.2. The van der Waals surface area contributed by atoms with Gasteiger partial charge in [0, 0.05) is 48.5 Å². The number of aliphatic hydroxyl groups excluding tert-OH is 1. The summed E-state index contributed by atoms with van der Waals surface area (Å²) in [4.78, 5) is 32.1. The van der Waals surface area contributed by atoms with Gasteiger partial charge in [0.1, 0.15) is 5.01 Å². The van der Waals surface area contributed by atoms with Gasteiger partial charge in [0.25, 0.3) is 11.5 Å². The van der Waals surface area contributed by atoms with E-state index in [-0.39, 0.29) is 17.9 Å². The summed E-state index contributed by atoms with van der Waals surface area (Å²) in [6.07, 6.45) is 2.62. The third kappa shape index (κ3) is 6.49. The van der Waals surface area contributed by atoms with Crippen LogP contribution in [-0.4, -0.2) is 44.9 Å². The quantitative estimate of drug-likeness (QED) is 0.179. The minimum absolute atomic E-state index is 0.0741. The maximum Gasteiger partial charge on any atom is 0.290 e. The van der Waals surface area contributed by atoms with Crippen molar-refractivity contribution in [1.82, 2.24) is 14.3 Å². The summed E-state index contributed by atoms with van der Waals surface area (Å²) in [6, 6.07) is 23.2. The summed E-state index contributed by atoms with van der Waals surface area (Å²) in [6.45, 7) is 4.41. The van der Waals surface area contributed by atoms with E-state index in [1.54, 1.807) is 22.1 Å². The van der Waals surface area contributed by atoms with Crippen LogP contribution in [0.15, 0.2) is 89.4 Å². The van der Waals surface area contributed by atoms with Gasteiger partial charge >= 0.3 is 0 Å². The van der Waals surface area contributed by atoms with E-state index in [9.17, 15) is 9.59 Å². The highest BCUT2D eigenvalue weighted by Crippen LogP contribution is 2.34. The van der Waals surface area contributed by atoms with Crippen molar-refractivity contribution in [3.8, 4) is 16.3 Å². The number of allylic oxidation sites excluding steroid dienone is 1. The molecule has 45 heavy (non-hydrogen) atoms. The van der Waals surface area contributed by atoms with E-state index in [0.717, 1.165) is 32.2 Å². The van der Waals surface area contributed by atoms with Gasteiger partial charge in [-0.05, 0) is 86.9 Å². The molecule has 0 fully saturated rings. The molecule has 1 aliphatic heterocycles. The zero-order valence-corrected chi connectivity index (χ0v) is 26.3. The fourth-order valence-corrected chi connectivity index (χ4v) is 6.68. The number of hydrogen-bond acceptors (Lipinski definition) is 7. The van der Waals surface area contributed by atoms with Gasteiger partial charge < -0.3 is 19.9 Å². The molecule has 2 N–H and O–H groups in total. The molecule has 0 saturated heterocycles. The van der Waals surface area contributed by atoms with Crippen molar-refractivity contribution < 1.29 is 19.4 Å². The van der Waals surface area contributed by atoms with E-state index in [4.69, 9.17) is 19.6 Å². The maximum atomic E-state index is 13.8. The number of aryl methyl sites for hydroxylation is 1. The molecular weight excluding hydrogens is 588 g/mol. The number of aliphatic hydroxyl groups is 1. The van der Waals surface area contributed by atoms with Crippen molar-refractivity contribution in [2.75, 3.05) is 18.5 Å². The summed E-state index contributed by atoms with van der Waals surface area (Å²) < 4.78 is 16.6. The molecule has 2 unspecified atom stereocenters. The van der Waals surface area contributed by atoms with Crippen LogP contribution in [0.3, 0.4) is 0 Å². The molecule has 0 aliphatic carbocycles. The van der Waals surface area contributed by atoms with E-state index < -0.39 is 18.1 Å². The Morgan fingerprint density at radius 2 is 1.87 bits per heavy atom. The molecule has 9 nitrogen and oxygen atoms in total. The number of ether oxygens (including phenoxy) is 2. The number of carbonyl (C=O) groups is 1. The number of carbonyl (C=O) groups excluding carboxylic acids is 1. The molecule has 0 bridgehead atoms. The molecule has 2 aromatic heterocycles. The number of nitrogens with zero attached hydrogens (tertiary/aromatic N) is 3. The summed E-state index contributed by atoms with van der Waals surface area (Å²) in [5, 5.41) is 13.0. The lowest BCUT2D eigenvalue weighted by atomic mass is 9.93. The fourth-order valence-electron chi connectivity index (χ4n) is 5.61. The van der Waals surface area contributed by atoms with Crippen LogP contribution >= 0.6 is 11.3 Å². The number of rotatable bonds is 10. The topological polar surface area (TPSA) is 108 Å². The Bertz CT molecular complexity index is 1910. The zero-order chi connectivity index (χ0) is 31.5. The highest BCUT2D eigenvalue weighted by Gasteiger charge is 2.33. The Hall–Kier alpha value is -4.51. The van der Waals surface area contributed by atoms with Crippen molar-refractivity contribution in [3.05, 3.63) is 112 Å². The number of benzene rings is 3. The molecule has 3 heterocycles. The molecule has 5 aromatic rings. The Balaban J connectivity index is 1.25. The number of thiazole rings is 1. The van der Waals surface area contributed by atoms with Gasteiger partial charge in [0.05, 0.1) is 22.5 Å². The van der Waals surface area contributed by atoms with Crippen molar-refractivity contribution >= 4 is 33.1 Å². The van der Waals surface area contributed by atoms with Crippen LogP contribution in [0.5, 0.6) is 0 Å².